The molecule has 1 aromatic carbocycles. The molecular formula is C16H18ClFN4O2. The van der Waals surface area contributed by atoms with Crippen LogP contribution < -0.4 is 10.6 Å². The largest absolute Gasteiger partial charge is 0.355 e. The minimum Gasteiger partial charge on any atom is -0.355 e. The van der Waals surface area contributed by atoms with Crippen LogP contribution in [0.4, 0.5) is 4.39 Å². The zero-order chi connectivity index (χ0) is 17.7. The molecule has 0 saturated carbocycles. The van der Waals surface area contributed by atoms with E-state index in [2.05, 4.69) is 15.7 Å². The van der Waals surface area contributed by atoms with Crippen molar-refractivity contribution >= 4 is 23.4 Å². The maximum absolute atomic E-state index is 13.0. The van der Waals surface area contributed by atoms with Crippen molar-refractivity contribution in [1.29, 1.82) is 0 Å². The highest BCUT2D eigenvalue weighted by molar-refractivity contribution is 6.33. The van der Waals surface area contributed by atoms with E-state index in [1.54, 1.807) is 6.92 Å². The molecule has 2 aromatic rings. The average molecular weight is 353 g/mol. The van der Waals surface area contributed by atoms with E-state index in [1.165, 1.54) is 28.9 Å². The molecule has 2 rings (SSSR count). The van der Waals surface area contributed by atoms with Gasteiger partial charge in [0.15, 0.2) is 0 Å². The summed E-state index contributed by atoms with van der Waals surface area (Å²) < 4.78 is 14.4. The lowest BCUT2D eigenvalue weighted by Gasteiger charge is -2.06. The highest BCUT2D eigenvalue weighted by atomic mass is 35.5. The smallest absolute Gasteiger partial charge is 0.256 e. The molecule has 2 amide bonds. The van der Waals surface area contributed by atoms with Gasteiger partial charge in [-0.3, -0.25) is 9.59 Å². The molecular weight excluding hydrogens is 335 g/mol. The highest BCUT2D eigenvalue weighted by Crippen LogP contribution is 2.23. The number of nitrogens with zero attached hydrogens (tertiary/aromatic N) is 2. The number of hydrogen-bond donors (Lipinski definition) is 2. The van der Waals surface area contributed by atoms with Gasteiger partial charge in [-0.15, -0.1) is 0 Å². The molecule has 128 valence electrons. The molecule has 0 aliphatic rings. The first kappa shape index (κ1) is 17.9. The molecule has 0 aliphatic heterocycles. The molecule has 2 N–H and O–H groups in total. The van der Waals surface area contributed by atoms with Gasteiger partial charge in [-0.05, 0) is 37.6 Å². The fourth-order valence-electron chi connectivity index (χ4n) is 2.09. The van der Waals surface area contributed by atoms with Crippen LogP contribution in [0, 0.1) is 12.7 Å². The number of benzene rings is 1. The Balaban J connectivity index is 2.15. The van der Waals surface area contributed by atoms with E-state index in [0.717, 1.165) is 6.42 Å². The first-order valence-corrected chi connectivity index (χ1v) is 7.87. The Morgan fingerprint density at radius 2 is 1.92 bits per heavy atom. The van der Waals surface area contributed by atoms with Crippen molar-refractivity contribution in [3.8, 4) is 5.69 Å². The van der Waals surface area contributed by atoms with Gasteiger partial charge in [-0.2, -0.15) is 5.10 Å². The number of carbonyl (C=O) groups excluding carboxylic acids is 2. The Labute approximate surface area is 144 Å². The quantitative estimate of drug-likeness (QED) is 0.837. The maximum atomic E-state index is 13.0. The Bertz CT molecular complexity index is 743. The van der Waals surface area contributed by atoms with E-state index >= 15 is 0 Å². The number of hydrogen-bond acceptors (Lipinski definition) is 3. The lowest BCUT2D eigenvalue weighted by Crippen LogP contribution is -2.37. The van der Waals surface area contributed by atoms with Crippen LogP contribution in [0.1, 0.15) is 29.4 Å². The molecule has 0 spiro atoms. The highest BCUT2D eigenvalue weighted by Gasteiger charge is 2.21. The number of rotatable bonds is 6. The summed E-state index contributed by atoms with van der Waals surface area (Å²) in [5, 5.41) is 9.49. The van der Waals surface area contributed by atoms with Crippen LogP contribution in [0.3, 0.4) is 0 Å². The van der Waals surface area contributed by atoms with E-state index < -0.39 is 5.91 Å². The van der Waals surface area contributed by atoms with Gasteiger partial charge in [0, 0.05) is 6.54 Å². The zero-order valence-electron chi connectivity index (χ0n) is 13.4. The third-order valence-electron chi connectivity index (χ3n) is 3.28. The van der Waals surface area contributed by atoms with E-state index in [9.17, 15) is 14.0 Å². The molecule has 1 aromatic heterocycles. The summed E-state index contributed by atoms with van der Waals surface area (Å²) in [5.74, 6) is -1.14. The summed E-state index contributed by atoms with van der Waals surface area (Å²) in [6.07, 6.45) is 0.815. The number of carbonyl (C=O) groups is 2. The second kappa shape index (κ2) is 7.92. The fraction of sp³-hybridized carbons (Fsp3) is 0.312. The SMILES string of the molecule is CCCNC(=O)CNC(=O)c1c(C)nn(-c2ccc(F)cc2)c1Cl. The summed E-state index contributed by atoms with van der Waals surface area (Å²) in [5.41, 5.74) is 1.13. The van der Waals surface area contributed by atoms with Crippen LogP contribution in [0.15, 0.2) is 24.3 Å². The third-order valence-corrected chi connectivity index (χ3v) is 3.63. The summed E-state index contributed by atoms with van der Waals surface area (Å²) >= 11 is 6.24. The van der Waals surface area contributed by atoms with Gasteiger partial charge >= 0.3 is 0 Å². The monoisotopic (exact) mass is 352 g/mol. The number of amides is 2. The van der Waals surface area contributed by atoms with Crippen LogP contribution in [0.5, 0.6) is 0 Å². The first-order valence-electron chi connectivity index (χ1n) is 7.50. The minimum absolute atomic E-state index is 0.102. The standard InChI is InChI=1S/C16H18ClFN4O2/c1-3-8-19-13(23)9-20-16(24)14-10(2)21-22(15(14)17)12-6-4-11(18)5-7-12/h4-7H,3,8-9H2,1-2H3,(H,19,23)(H,20,24). The van der Waals surface area contributed by atoms with Crippen LogP contribution in [-0.2, 0) is 4.79 Å². The van der Waals surface area contributed by atoms with Crippen molar-refractivity contribution in [2.45, 2.75) is 20.3 Å². The van der Waals surface area contributed by atoms with Crippen molar-refractivity contribution in [1.82, 2.24) is 20.4 Å². The molecule has 0 radical (unpaired) electrons. The lowest BCUT2D eigenvalue weighted by molar-refractivity contribution is -0.120. The number of aromatic nitrogens is 2. The summed E-state index contributed by atoms with van der Waals surface area (Å²) in [4.78, 5) is 23.8. The van der Waals surface area contributed by atoms with E-state index in [-0.39, 0.29) is 29.0 Å². The van der Waals surface area contributed by atoms with Crippen molar-refractivity contribution in [3.63, 3.8) is 0 Å². The Kier molecular flexibility index (Phi) is 5.92. The number of aryl methyl sites for hydroxylation is 1. The minimum atomic E-state index is -0.488. The van der Waals surface area contributed by atoms with Gasteiger partial charge in [0.1, 0.15) is 11.0 Å². The molecule has 0 bridgehead atoms. The summed E-state index contributed by atoms with van der Waals surface area (Å²) in [6.45, 7) is 3.98. The second-order valence-electron chi connectivity index (χ2n) is 5.17. The molecule has 0 aliphatic carbocycles. The van der Waals surface area contributed by atoms with Gasteiger partial charge in [0.25, 0.3) is 5.91 Å². The van der Waals surface area contributed by atoms with Crippen molar-refractivity contribution in [2.75, 3.05) is 13.1 Å². The van der Waals surface area contributed by atoms with Crippen LogP contribution in [0.2, 0.25) is 5.15 Å². The second-order valence-corrected chi connectivity index (χ2v) is 5.53. The topological polar surface area (TPSA) is 76.0 Å². The Morgan fingerprint density at radius 1 is 1.25 bits per heavy atom. The summed E-state index contributed by atoms with van der Waals surface area (Å²) in [6, 6.07) is 5.57. The molecule has 0 atom stereocenters. The van der Waals surface area contributed by atoms with Crippen LogP contribution >= 0.6 is 11.6 Å². The molecule has 0 unspecified atom stereocenters. The van der Waals surface area contributed by atoms with Gasteiger partial charge in [-0.25, -0.2) is 9.07 Å². The predicted molar refractivity (Wildman–Crippen MR) is 88.9 cm³/mol. The molecule has 24 heavy (non-hydrogen) atoms. The number of halogens is 2. The number of nitrogens with one attached hydrogen (secondary N) is 2. The van der Waals surface area contributed by atoms with Crippen molar-refractivity contribution in [3.05, 3.63) is 46.5 Å². The first-order chi connectivity index (χ1) is 11.4. The van der Waals surface area contributed by atoms with E-state index in [4.69, 9.17) is 11.6 Å². The predicted octanol–water partition coefficient (Wildman–Crippen LogP) is 2.23. The summed E-state index contributed by atoms with van der Waals surface area (Å²) in [7, 11) is 0. The molecule has 6 nitrogen and oxygen atoms in total. The maximum Gasteiger partial charge on any atom is 0.256 e. The van der Waals surface area contributed by atoms with Crippen LogP contribution in [0.25, 0.3) is 5.69 Å². The molecule has 0 saturated heterocycles. The van der Waals surface area contributed by atoms with E-state index in [1.807, 2.05) is 6.92 Å². The Morgan fingerprint density at radius 3 is 2.54 bits per heavy atom. The normalized spacial score (nSPS) is 10.5. The molecule has 8 heteroatoms. The average Bonchev–Trinajstić information content (AvgIpc) is 2.86. The zero-order valence-corrected chi connectivity index (χ0v) is 14.2. The lowest BCUT2D eigenvalue weighted by atomic mass is 10.2. The Hall–Kier alpha value is -2.41. The van der Waals surface area contributed by atoms with Crippen molar-refractivity contribution < 1.29 is 14.0 Å². The van der Waals surface area contributed by atoms with E-state index in [0.29, 0.717) is 17.9 Å². The molecule has 1 heterocycles. The van der Waals surface area contributed by atoms with Crippen LogP contribution in [-0.4, -0.2) is 34.7 Å². The van der Waals surface area contributed by atoms with Gasteiger partial charge < -0.3 is 10.6 Å². The van der Waals surface area contributed by atoms with Gasteiger partial charge in [-0.1, -0.05) is 18.5 Å². The fourth-order valence-corrected chi connectivity index (χ4v) is 2.44. The third kappa shape index (κ3) is 4.11. The van der Waals surface area contributed by atoms with Gasteiger partial charge in [0.05, 0.1) is 23.5 Å². The van der Waals surface area contributed by atoms with Gasteiger partial charge in [0.2, 0.25) is 5.91 Å². The van der Waals surface area contributed by atoms with Crippen molar-refractivity contribution in [2.24, 2.45) is 0 Å². The molecule has 0 fully saturated rings.